The Labute approximate surface area is 79.7 Å². The van der Waals surface area contributed by atoms with Crippen molar-refractivity contribution in [3.05, 3.63) is 17.0 Å². The highest BCUT2D eigenvalue weighted by molar-refractivity contribution is 5.87. The molecular formula is C8H10N2O4. The molecule has 0 atom stereocenters. The SMILES string of the molecule is O=C(O)c1noc2c1CN(CCO)C2. The van der Waals surface area contributed by atoms with E-state index < -0.39 is 5.97 Å². The number of aromatic carboxylic acids is 1. The lowest BCUT2D eigenvalue weighted by atomic mass is 10.2. The van der Waals surface area contributed by atoms with E-state index in [1.807, 2.05) is 4.90 Å². The van der Waals surface area contributed by atoms with Crippen LogP contribution in [0.3, 0.4) is 0 Å². The molecule has 6 heteroatoms. The van der Waals surface area contributed by atoms with Crippen LogP contribution in [0.15, 0.2) is 4.52 Å². The predicted molar refractivity (Wildman–Crippen MR) is 44.7 cm³/mol. The largest absolute Gasteiger partial charge is 0.476 e. The molecule has 6 nitrogen and oxygen atoms in total. The number of carbonyl (C=O) groups is 1. The highest BCUT2D eigenvalue weighted by Crippen LogP contribution is 2.25. The number of fused-ring (bicyclic) bond motifs is 1. The number of hydrogen-bond acceptors (Lipinski definition) is 5. The Balaban J connectivity index is 2.19. The molecule has 0 aromatic carbocycles. The molecule has 0 fully saturated rings. The summed E-state index contributed by atoms with van der Waals surface area (Å²) in [6.07, 6.45) is 0. The molecule has 1 aromatic rings. The van der Waals surface area contributed by atoms with Gasteiger partial charge in [-0.15, -0.1) is 0 Å². The summed E-state index contributed by atoms with van der Waals surface area (Å²) in [6.45, 7) is 1.58. The summed E-state index contributed by atoms with van der Waals surface area (Å²) < 4.78 is 4.89. The Morgan fingerprint density at radius 2 is 2.36 bits per heavy atom. The van der Waals surface area contributed by atoms with Crippen molar-refractivity contribution in [2.24, 2.45) is 0 Å². The lowest BCUT2D eigenvalue weighted by Gasteiger charge is -2.11. The molecule has 0 radical (unpaired) electrons. The smallest absolute Gasteiger partial charge is 0.358 e. The summed E-state index contributed by atoms with van der Waals surface area (Å²) in [5, 5.41) is 20.9. The first-order valence-electron chi connectivity index (χ1n) is 4.26. The zero-order valence-corrected chi connectivity index (χ0v) is 7.43. The first kappa shape index (κ1) is 9.17. The van der Waals surface area contributed by atoms with Gasteiger partial charge < -0.3 is 14.7 Å². The van der Waals surface area contributed by atoms with Gasteiger partial charge in [-0.2, -0.15) is 0 Å². The van der Waals surface area contributed by atoms with Gasteiger partial charge in [-0.3, -0.25) is 4.90 Å². The summed E-state index contributed by atoms with van der Waals surface area (Å²) in [5.41, 5.74) is 0.617. The van der Waals surface area contributed by atoms with Gasteiger partial charge in [0.25, 0.3) is 0 Å². The van der Waals surface area contributed by atoms with Crippen LogP contribution in [-0.4, -0.2) is 39.4 Å². The van der Waals surface area contributed by atoms with Crippen LogP contribution in [0.5, 0.6) is 0 Å². The van der Waals surface area contributed by atoms with E-state index in [4.69, 9.17) is 14.7 Å². The van der Waals surface area contributed by atoms with Crippen molar-refractivity contribution in [1.82, 2.24) is 10.1 Å². The van der Waals surface area contributed by atoms with Crippen LogP contribution in [0.1, 0.15) is 21.8 Å². The van der Waals surface area contributed by atoms with Gasteiger partial charge in [0.15, 0.2) is 11.5 Å². The van der Waals surface area contributed by atoms with E-state index in [-0.39, 0.29) is 12.3 Å². The Hall–Kier alpha value is -1.40. The van der Waals surface area contributed by atoms with Gasteiger partial charge >= 0.3 is 5.97 Å². The van der Waals surface area contributed by atoms with Gasteiger partial charge in [-0.05, 0) is 0 Å². The van der Waals surface area contributed by atoms with Gasteiger partial charge in [0.2, 0.25) is 0 Å². The van der Waals surface area contributed by atoms with Gasteiger partial charge in [0.05, 0.1) is 13.2 Å². The van der Waals surface area contributed by atoms with Crippen molar-refractivity contribution < 1.29 is 19.5 Å². The second-order valence-corrected chi connectivity index (χ2v) is 3.17. The first-order chi connectivity index (χ1) is 6.72. The molecule has 2 heterocycles. The maximum absolute atomic E-state index is 10.7. The molecule has 1 aromatic heterocycles. The molecule has 0 saturated heterocycles. The number of aromatic nitrogens is 1. The molecule has 2 rings (SSSR count). The van der Waals surface area contributed by atoms with Crippen molar-refractivity contribution in [3.8, 4) is 0 Å². The molecule has 0 bridgehead atoms. The Bertz CT molecular complexity index is 360. The minimum absolute atomic E-state index is 0.0135. The van der Waals surface area contributed by atoms with E-state index in [1.54, 1.807) is 0 Å². The topological polar surface area (TPSA) is 86.8 Å². The van der Waals surface area contributed by atoms with Gasteiger partial charge in [0, 0.05) is 18.7 Å². The minimum atomic E-state index is -1.07. The summed E-state index contributed by atoms with van der Waals surface area (Å²) in [5.74, 6) is -0.475. The van der Waals surface area contributed by atoms with E-state index in [2.05, 4.69) is 5.16 Å². The third-order valence-corrected chi connectivity index (χ3v) is 2.24. The first-order valence-corrected chi connectivity index (χ1v) is 4.26. The van der Waals surface area contributed by atoms with Crippen molar-refractivity contribution in [1.29, 1.82) is 0 Å². The molecule has 0 amide bonds. The van der Waals surface area contributed by atoms with E-state index in [0.717, 1.165) is 0 Å². The number of rotatable bonds is 3. The summed E-state index contributed by atoms with van der Waals surface area (Å²) in [4.78, 5) is 12.6. The van der Waals surface area contributed by atoms with E-state index >= 15 is 0 Å². The van der Waals surface area contributed by atoms with Crippen molar-refractivity contribution in [3.63, 3.8) is 0 Å². The second kappa shape index (κ2) is 3.39. The standard InChI is InChI=1S/C8H10N2O4/c11-2-1-10-3-5-6(4-10)14-9-7(5)8(12)13/h11H,1-4H2,(H,12,13). The number of hydrogen-bond donors (Lipinski definition) is 2. The highest BCUT2D eigenvalue weighted by atomic mass is 16.5. The maximum atomic E-state index is 10.7. The fourth-order valence-electron chi connectivity index (χ4n) is 1.58. The average Bonchev–Trinajstić information content (AvgIpc) is 2.62. The highest BCUT2D eigenvalue weighted by Gasteiger charge is 2.29. The van der Waals surface area contributed by atoms with Crippen LogP contribution in [0, 0.1) is 0 Å². The lowest BCUT2D eigenvalue weighted by Crippen LogP contribution is -2.21. The monoisotopic (exact) mass is 198 g/mol. The predicted octanol–water partition coefficient (Wildman–Crippen LogP) is -0.319. The second-order valence-electron chi connectivity index (χ2n) is 3.17. The van der Waals surface area contributed by atoms with Crippen LogP contribution in [0.2, 0.25) is 0 Å². The number of carboxylic acid groups (broad SMARTS) is 1. The molecule has 0 unspecified atom stereocenters. The van der Waals surface area contributed by atoms with Crippen LogP contribution in [0.4, 0.5) is 0 Å². The number of aliphatic hydroxyl groups is 1. The number of nitrogens with zero attached hydrogens (tertiary/aromatic N) is 2. The zero-order chi connectivity index (χ0) is 10.1. The van der Waals surface area contributed by atoms with Crippen LogP contribution in [0.25, 0.3) is 0 Å². The number of carboxylic acids is 1. The minimum Gasteiger partial charge on any atom is -0.476 e. The fraction of sp³-hybridized carbons (Fsp3) is 0.500. The van der Waals surface area contributed by atoms with E-state index in [1.165, 1.54) is 0 Å². The molecule has 76 valence electrons. The van der Waals surface area contributed by atoms with Crippen LogP contribution in [-0.2, 0) is 13.1 Å². The maximum Gasteiger partial charge on any atom is 0.358 e. The van der Waals surface area contributed by atoms with Crippen LogP contribution >= 0.6 is 0 Å². The summed E-state index contributed by atoms with van der Waals surface area (Å²) in [6, 6.07) is 0. The summed E-state index contributed by atoms with van der Waals surface area (Å²) >= 11 is 0. The molecule has 0 aliphatic carbocycles. The Kier molecular flexibility index (Phi) is 2.22. The third kappa shape index (κ3) is 1.38. The van der Waals surface area contributed by atoms with Gasteiger partial charge in [-0.1, -0.05) is 5.16 Å². The molecule has 0 saturated carbocycles. The van der Waals surface area contributed by atoms with E-state index in [0.29, 0.717) is 31.0 Å². The van der Waals surface area contributed by atoms with Crippen LogP contribution < -0.4 is 0 Å². The van der Waals surface area contributed by atoms with Crippen molar-refractivity contribution in [2.45, 2.75) is 13.1 Å². The lowest BCUT2D eigenvalue weighted by molar-refractivity contribution is 0.0682. The molecule has 2 N–H and O–H groups in total. The van der Waals surface area contributed by atoms with Crippen molar-refractivity contribution >= 4 is 5.97 Å². The molecule has 1 aliphatic rings. The number of aliphatic hydroxyl groups excluding tert-OH is 1. The zero-order valence-electron chi connectivity index (χ0n) is 7.43. The third-order valence-electron chi connectivity index (χ3n) is 2.24. The fourth-order valence-corrected chi connectivity index (χ4v) is 1.58. The molecular weight excluding hydrogens is 188 g/mol. The van der Waals surface area contributed by atoms with E-state index in [9.17, 15) is 4.79 Å². The number of β-amino-alcohol motifs (C(OH)–C–C–N with tert-alkyl or cyclic N) is 1. The quantitative estimate of drug-likeness (QED) is 0.692. The Morgan fingerprint density at radius 1 is 1.57 bits per heavy atom. The molecule has 0 spiro atoms. The van der Waals surface area contributed by atoms with Gasteiger partial charge in [0.1, 0.15) is 0 Å². The average molecular weight is 198 g/mol. The Morgan fingerprint density at radius 3 is 3.00 bits per heavy atom. The van der Waals surface area contributed by atoms with Crippen molar-refractivity contribution in [2.75, 3.05) is 13.2 Å². The molecule has 14 heavy (non-hydrogen) atoms. The molecule has 1 aliphatic heterocycles. The summed E-state index contributed by atoms with van der Waals surface area (Å²) in [7, 11) is 0. The normalized spacial score (nSPS) is 15.8. The van der Waals surface area contributed by atoms with Gasteiger partial charge in [-0.25, -0.2) is 4.79 Å².